The fraction of sp³-hybridized carbons (Fsp3) is 0.545. The van der Waals surface area contributed by atoms with E-state index < -0.39 is 0 Å². The van der Waals surface area contributed by atoms with E-state index in [1.54, 1.807) is 0 Å². The molecule has 0 radical (unpaired) electrons. The molecule has 1 aliphatic heterocycles. The summed E-state index contributed by atoms with van der Waals surface area (Å²) in [4.78, 5) is 14.9. The van der Waals surface area contributed by atoms with Gasteiger partial charge in [0.15, 0.2) is 0 Å². The summed E-state index contributed by atoms with van der Waals surface area (Å²) < 4.78 is 7.62. The molecule has 6 nitrogen and oxygen atoms in total. The van der Waals surface area contributed by atoms with Crippen LogP contribution in [0.25, 0.3) is 5.69 Å². The highest BCUT2D eigenvalue weighted by atomic mass is 35.5. The first-order valence-corrected chi connectivity index (χ1v) is 10.6. The molecule has 2 aromatic rings. The van der Waals surface area contributed by atoms with Crippen LogP contribution in [0.15, 0.2) is 18.2 Å². The molecule has 0 aliphatic carbocycles. The second-order valence-corrected chi connectivity index (χ2v) is 8.45. The van der Waals surface area contributed by atoms with Crippen LogP contribution in [0.1, 0.15) is 36.4 Å². The van der Waals surface area contributed by atoms with Crippen molar-refractivity contribution in [2.45, 2.75) is 53.2 Å². The van der Waals surface area contributed by atoms with Gasteiger partial charge in [0.1, 0.15) is 0 Å². The lowest BCUT2D eigenvalue weighted by Gasteiger charge is -2.35. The minimum Gasteiger partial charge on any atom is -0.373 e. The van der Waals surface area contributed by atoms with Gasteiger partial charge in [0.25, 0.3) is 0 Å². The zero-order valence-electron chi connectivity index (χ0n) is 18.0. The lowest BCUT2D eigenvalue weighted by Crippen LogP contribution is -2.48. The van der Waals surface area contributed by atoms with Gasteiger partial charge in [0, 0.05) is 42.5 Å². The Labute approximate surface area is 178 Å². The third-order valence-electron chi connectivity index (χ3n) is 5.42. The minimum absolute atomic E-state index is 0.0204. The Hall–Kier alpha value is -1.89. The van der Waals surface area contributed by atoms with E-state index >= 15 is 0 Å². The smallest absolute Gasteiger partial charge is 0.224 e. The molecule has 3 rings (SSSR count). The number of aryl methyl sites for hydroxylation is 2. The SMILES string of the molecule is Cc1ccc(-n2nc(C)c(CC(=O)NCCN3CC(C)OC(C)C3)c2C)cc1Cl. The number of hydrogen-bond acceptors (Lipinski definition) is 4. The van der Waals surface area contributed by atoms with Gasteiger partial charge in [0.05, 0.1) is 30.0 Å². The summed E-state index contributed by atoms with van der Waals surface area (Å²) in [6.07, 6.45) is 0.800. The molecule has 1 aliphatic rings. The molecular formula is C22H31ClN4O2. The van der Waals surface area contributed by atoms with Crippen molar-refractivity contribution in [1.82, 2.24) is 20.0 Å². The Morgan fingerprint density at radius 3 is 2.59 bits per heavy atom. The number of rotatable bonds is 6. The molecule has 1 fully saturated rings. The van der Waals surface area contributed by atoms with Crippen LogP contribution in [0.5, 0.6) is 0 Å². The fourth-order valence-electron chi connectivity index (χ4n) is 3.94. The summed E-state index contributed by atoms with van der Waals surface area (Å²) in [5, 5.41) is 8.39. The quantitative estimate of drug-likeness (QED) is 0.782. The maximum Gasteiger partial charge on any atom is 0.224 e. The summed E-state index contributed by atoms with van der Waals surface area (Å²) in [7, 11) is 0. The highest BCUT2D eigenvalue weighted by Crippen LogP contribution is 2.23. The second kappa shape index (κ2) is 9.28. The van der Waals surface area contributed by atoms with Crippen molar-refractivity contribution >= 4 is 17.5 Å². The molecule has 2 heterocycles. The number of aromatic nitrogens is 2. The van der Waals surface area contributed by atoms with Crippen LogP contribution in [-0.4, -0.2) is 59.0 Å². The Bertz CT molecular complexity index is 870. The van der Waals surface area contributed by atoms with Crippen molar-refractivity contribution in [3.8, 4) is 5.69 Å². The molecule has 2 atom stereocenters. The Kier molecular flexibility index (Phi) is 6.98. The first-order chi connectivity index (χ1) is 13.7. The number of morpholine rings is 1. The number of nitrogens with one attached hydrogen (secondary N) is 1. The monoisotopic (exact) mass is 418 g/mol. The number of carbonyl (C=O) groups is 1. The first kappa shape index (κ1) is 21.8. The van der Waals surface area contributed by atoms with Crippen LogP contribution in [0.2, 0.25) is 5.02 Å². The molecule has 1 amide bonds. The summed E-state index contributed by atoms with van der Waals surface area (Å²) in [6.45, 7) is 13.4. The predicted octanol–water partition coefficient (Wildman–Crippen LogP) is 3.22. The van der Waals surface area contributed by atoms with E-state index in [2.05, 4.69) is 29.2 Å². The third kappa shape index (κ3) is 5.38. The zero-order valence-corrected chi connectivity index (χ0v) is 18.7. The summed E-state index contributed by atoms with van der Waals surface area (Å²) >= 11 is 6.27. The molecular weight excluding hydrogens is 388 g/mol. The summed E-state index contributed by atoms with van der Waals surface area (Å²) in [5.74, 6) is 0.0204. The molecule has 0 bridgehead atoms. The molecule has 0 saturated carbocycles. The van der Waals surface area contributed by atoms with Gasteiger partial charge in [-0.1, -0.05) is 17.7 Å². The van der Waals surface area contributed by atoms with E-state index in [0.29, 0.717) is 18.0 Å². The second-order valence-electron chi connectivity index (χ2n) is 8.04. The van der Waals surface area contributed by atoms with E-state index in [4.69, 9.17) is 16.3 Å². The molecule has 1 saturated heterocycles. The Morgan fingerprint density at radius 2 is 1.93 bits per heavy atom. The largest absolute Gasteiger partial charge is 0.373 e. The standard InChI is InChI=1S/C22H31ClN4O2/c1-14-6-7-19(10-21(14)23)27-18(5)20(17(4)25-27)11-22(28)24-8-9-26-12-15(2)29-16(3)13-26/h6-7,10,15-16H,8-9,11-13H2,1-5H3,(H,24,28). The van der Waals surface area contributed by atoms with Crippen molar-refractivity contribution in [3.63, 3.8) is 0 Å². The van der Waals surface area contributed by atoms with E-state index in [9.17, 15) is 4.79 Å². The van der Waals surface area contributed by atoms with Gasteiger partial charge in [-0.15, -0.1) is 0 Å². The Morgan fingerprint density at radius 1 is 1.24 bits per heavy atom. The van der Waals surface area contributed by atoms with E-state index in [1.807, 2.05) is 43.7 Å². The van der Waals surface area contributed by atoms with Gasteiger partial charge in [-0.05, 0) is 52.3 Å². The average molecular weight is 419 g/mol. The van der Waals surface area contributed by atoms with Gasteiger partial charge in [0.2, 0.25) is 5.91 Å². The molecule has 158 valence electrons. The van der Waals surface area contributed by atoms with E-state index in [1.165, 1.54) is 0 Å². The van der Waals surface area contributed by atoms with Crippen LogP contribution in [0.4, 0.5) is 0 Å². The third-order valence-corrected chi connectivity index (χ3v) is 5.83. The normalized spacial score (nSPS) is 20.1. The van der Waals surface area contributed by atoms with Crippen molar-refractivity contribution in [2.75, 3.05) is 26.2 Å². The molecule has 29 heavy (non-hydrogen) atoms. The average Bonchev–Trinajstić information content (AvgIpc) is 2.91. The van der Waals surface area contributed by atoms with Crippen molar-refractivity contribution in [3.05, 3.63) is 45.7 Å². The van der Waals surface area contributed by atoms with E-state index in [0.717, 1.165) is 47.8 Å². The molecule has 2 unspecified atom stereocenters. The fourth-order valence-corrected chi connectivity index (χ4v) is 4.11. The maximum atomic E-state index is 12.5. The molecule has 7 heteroatoms. The maximum absolute atomic E-state index is 12.5. The molecule has 1 N–H and O–H groups in total. The predicted molar refractivity (Wildman–Crippen MR) is 116 cm³/mol. The van der Waals surface area contributed by atoms with Gasteiger partial charge in [-0.25, -0.2) is 4.68 Å². The Balaban J connectivity index is 1.59. The van der Waals surface area contributed by atoms with Crippen molar-refractivity contribution < 1.29 is 9.53 Å². The van der Waals surface area contributed by atoms with Gasteiger partial charge in [-0.3, -0.25) is 9.69 Å². The minimum atomic E-state index is 0.0204. The number of ether oxygens (including phenoxy) is 1. The van der Waals surface area contributed by atoms with Crippen LogP contribution >= 0.6 is 11.6 Å². The van der Waals surface area contributed by atoms with E-state index in [-0.39, 0.29) is 18.1 Å². The number of hydrogen-bond donors (Lipinski definition) is 1. The first-order valence-electron chi connectivity index (χ1n) is 10.2. The summed E-state index contributed by atoms with van der Waals surface area (Å²) in [5.41, 5.74) is 4.73. The number of benzene rings is 1. The molecule has 1 aromatic heterocycles. The van der Waals surface area contributed by atoms with Gasteiger partial charge < -0.3 is 10.1 Å². The highest BCUT2D eigenvalue weighted by Gasteiger charge is 2.22. The van der Waals surface area contributed by atoms with Crippen LogP contribution in [-0.2, 0) is 16.0 Å². The van der Waals surface area contributed by atoms with Gasteiger partial charge in [-0.2, -0.15) is 5.10 Å². The lowest BCUT2D eigenvalue weighted by atomic mass is 10.1. The summed E-state index contributed by atoms with van der Waals surface area (Å²) in [6, 6.07) is 5.88. The highest BCUT2D eigenvalue weighted by molar-refractivity contribution is 6.31. The van der Waals surface area contributed by atoms with Crippen LogP contribution in [0, 0.1) is 20.8 Å². The van der Waals surface area contributed by atoms with Crippen molar-refractivity contribution in [2.24, 2.45) is 0 Å². The van der Waals surface area contributed by atoms with Crippen LogP contribution < -0.4 is 5.32 Å². The molecule has 0 spiro atoms. The topological polar surface area (TPSA) is 59.4 Å². The van der Waals surface area contributed by atoms with Crippen molar-refractivity contribution in [1.29, 1.82) is 0 Å². The zero-order chi connectivity index (χ0) is 21.1. The number of halogens is 1. The molecule has 1 aromatic carbocycles. The lowest BCUT2D eigenvalue weighted by molar-refractivity contribution is -0.120. The number of carbonyl (C=O) groups excluding carboxylic acids is 1. The van der Waals surface area contributed by atoms with Crippen LogP contribution in [0.3, 0.4) is 0 Å². The number of amides is 1. The number of nitrogens with zero attached hydrogens (tertiary/aromatic N) is 3. The van der Waals surface area contributed by atoms with Gasteiger partial charge >= 0.3 is 0 Å².